The maximum atomic E-state index is 5.19. The maximum Gasteiger partial charge on any atom is 0.0964 e. The van der Waals surface area contributed by atoms with Crippen molar-refractivity contribution in [2.75, 3.05) is 33.4 Å². The number of piperidine rings is 1. The van der Waals surface area contributed by atoms with Crippen LogP contribution in [-0.2, 0) is 15.6 Å². The van der Waals surface area contributed by atoms with Gasteiger partial charge in [-0.05, 0) is 73.2 Å². The largest absolute Gasteiger partial charge is 0.385 e. The molecule has 4 rings (SSSR count). The minimum absolute atomic E-state index is 0.245. The lowest BCUT2D eigenvalue weighted by Gasteiger charge is -2.42. The number of hydrogen-bond acceptors (Lipinski definition) is 4. The van der Waals surface area contributed by atoms with Crippen molar-refractivity contribution in [2.45, 2.75) is 76.5 Å². The molecule has 0 spiro atoms. The van der Waals surface area contributed by atoms with Gasteiger partial charge in [0.2, 0.25) is 0 Å². The second-order valence-corrected chi connectivity index (χ2v) is 11.5. The third-order valence-electron chi connectivity index (χ3n) is 7.43. The second-order valence-electron chi connectivity index (χ2n) is 10.6. The first kappa shape index (κ1) is 22.0. The molecule has 1 aliphatic heterocycles. The summed E-state index contributed by atoms with van der Waals surface area (Å²) in [5.41, 5.74) is 6.02. The lowest BCUT2D eigenvalue weighted by atomic mass is 9.63. The number of benzene rings is 1. The SMILES string of the molecule is COCCCN1CCC(c2nc(-c3ccc4c(c3)C(C)(C)CCC4(C)C)cs2)CC1. The van der Waals surface area contributed by atoms with Crippen molar-refractivity contribution in [1.29, 1.82) is 0 Å². The van der Waals surface area contributed by atoms with Gasteiger partial charge >= 0.3 is 0 Å². The number of fused-ring (bicyclic) bond motifs is 1. The molecule has 0 radical (unpaired) electrons. The zero-order valence-electron chi connectivity index (χ0n) is 19.5. The molecule has 2 aliphatic rings. The van der Waals surface area contributed by atoms with Crippen LogP contribution in [0.25, 0.3) is 11.3 Å². The van der Waals surface area contributed by atoms with Crippen molar-refractivity contribution in [3.63, 3.8) is 0 Å². The fraction of sp³-hybridized carbons (Fsp3) is 0.654. The van der Waals surface area contributed by atoms with Crippen LogP contribution in [0.1, 0.15) is 81.9 Å². The van der Waals surface area contributed by atoms with Crippen LogP contribution in [0.4, 0.5) is 0 Å². The summed E-state index contributed by atoms with van der Waals surface area (Å²) in [6, 6.07) is 7.12. The highest BCUT2D eigenvalue weighted by Crippen LogP contribution is 2.47. The van der Waals surface area contributed by atoms with Crippen LogP contribution in [-0.4, -0.2) is 43.2 Å². The third kappa shape index (κ3) is 4.51. The Labute approximate surface area is 186 Å². The van der Waals surface area contributed by atoms with Crippen molar-refractivity contribution in [3.8, 4) is 11.3 Å². The fourth-order valence-corrected chi connectivity index (χ4v) is 6.19. The Balaban J connectivity index is 1.48. The van der Waals surface area contributed by atoms with E-state index in [1.54, 1.807) is 7.11 Å². The van der Waals surface area contributed by atoms with Gasteiger partial charge in [-0.15, -0.1) is 11.3 Å². The number of likely N-dealkylation sites (tertiary alicyclic amines) is 1. The number of methoxy groups -OCH3 is 1. The third-order valence-corrected chi connectivity index (χ3v) is 8.44. The smallest absolute Gasteiger partial charge is 0.0964 e. The molecule has 2 aromatic rings. The molecule has 2 heterocycles. The number of ether oxygens (including phenoxy) is 1. The van der Waals surface area contributed by atoms with Crippen molar-refractivity contribution in [3.05, 3.63) is 39.7 Å². The molecule has 0 N–H and O–H groups in total. The first-order valence-electron chi connectivity index (χ1n) is 11.6. The summed E-state index contributed by atoms with van der Waals surface area (Å²) in [4.78, 5) is 7.70. The topological polar surface area (TPSA) is 25.4 Å². The van der Waals surface area contributed by atoms with E-state index in [1.165, 1.54) is 66.2 Å². The van der Waals surface area contributed by atoms with E-state index in [4.69, 9.17) is 9.72 Å². The van der Waals surface area contributed by atoms with Crippen LogP contribution in [0.15, 0.2) is 23.6 Å². The van der Waals surface area contributed by atoms with Crippen molar-refractivity contribution in [2.24, 2.45) is 0 Å². The number of nitrogens with zero attached hydrogens (tertiary/aromatic N) is 2. The van der Waals surface area contributed by atoms with Gasteiger partial charge in [-0.3, -0.25) is 0 Å². The number of aromatic nitrogens is 1. The van der Waals surface area contributed by atoms with Gasteiger partial charge < -0.3 is 9.64 Å². The van der Waals surface area contributed by atoms with Crippen LogP contribution in [0.2, 0.25) is 0 Å². The summed E-state index contributed by atoms with van der Waals surface area (Å²) >= 11 is 1.86. The number of rotatable bonds is 6. The molecule has 1 saturated heterocycles. The lowest BCUT2D eigenvalue weighted by molar-refractivity contribution is 0.157. The molecule has 0 atom stereocenters. The van der Waals surface area contributed by atoms with E-state index in [0.717, 1.165) is 19.6 Å². The van der Waals surface area contributed by atoms with Crippen LogP contribution < -0.4 is 0 Å². The molecule has 1 fully saturated rings. The Morgan fingerprint density at radius 3 is 2.47 bits per heavy atom. The first-order valence-corrected chi connectivity index (χ1v) is 12.5. The lowest BCUT2D eigenvalue weighted by Crippen LogP contribution is -2.34. The van der Waals surface area contributed by atoms with E-state index in [-0.39, 0.29) is 10.8 Å². The Kier molecular flexibility index (Phi) is 6.39. The highest BCUT2D eigenvalue weighted by Gasteiger charge is 2.37. The summed E-state index contributed by atoms with van der Waals surface area (Å²) in [6.45, 7) is 14.0. The Bertz CT molecular complexity index is 862. The van der Waals surface area contributed by atoms with E-state index >= 15 is 0 Å². The van der Waals surface area contributed by atoms with E-state index in [0.29, 0.717) is 5.92 Å². The minimum atomic E-state index is 0.245. The summed E-state index contributed by atoms with van der Waals surface area (Å²) < 4.78 is 5.19. The molecule has 30 heavy (non-hydrogen) atoms. The molecule has 0 unspecified atom stereocenters. The monoisotopic (exact) mass is 426 g/mol. The van der Waals surface area contributed by atoms with Crippen LogP contribution in [0.5, 0.6) is 0 Å². The normalized spacial score (nSPS) is 21.5. The van der Waals surface area contributed by atoms with Gasteiger partial charge in [0.05, 0.1) is 10.7 Å². The van der Waals surface area contributed by atoms with Gasteiger partial charge in [0.1, 0.15) is 0 Å². The van der Waals surface area contributed by atoms with Gasteiger partial charge in [0.15, 0.2) is 0 Å². The zero-order valence-corrected chi connectivity index (χ0v) is 20.3. The minimum Gasteiger partial charge on any atom is -0.385 e. The predicted octanol–water partition coefficient (Wildman–Crippen LogP) is 6.38. The summed E-state index contributed by atoms with van der Waals surface area (Å²) in [6.07, 6.45) is 6.10. The summed E-state index contributed by atoms with van der Waals surface area (Å²) in [7, 11) is 1.79. The molecule has 4 heteroatoms. The Hall–Kier alpha value is -1.23. The standard InChI is InChI=1S/C26H38N2OS/c1-25(2)11-12-26(3,4)22-17-20(7-8-21(22)25)23-18-30-24(27-23)19-9-14-28(15-10-19)13-6-16-29-5/h7-8,17-19H,6,9-16H2,1-5H3. The highest BCUT2D eigenvalue weighted by molar-refractivity contribution is 7.10. The van der Waals surface area contributed by atoms with E-state index in [1.807, 2.05) is 11.3 Å². The molecule has 1 aromatic carbocycles. The summed E-state index contributed by atoms with van der Waals surface area (Å²) in [5.74, 6) is 0.621. The van der Waals surface area contributed by atoms with Gasteiger partial charge in [-0.25, -0.2) is 4.98 Å². The van der Waals surface area contributed by atoms with E-state index < -0.39 is 0 Å². The van der Waals surface area contributed by atoms with Crippen LogP contribution >= 0.6 is 11.3 Å². The molecular weight excluding hydrogens is 388 g/mol. The van der Waals surface area contributed by atoms with E-state index in [9.17, 15) is 0 Å². The average molecular weight is 427 g/mol. The molecule has 0 amide bonds. The Morgan fingerprint density at radius 1 is 1.07 bits per heavy atom. The molecule has 164 valence electrons. The number of thiazole rings is 1. The van der Waals surface area contributed by atoms with Gasteiger partial charge in [0.25, 0.3) is 0 Å². The molecule has 1 aromatic heterocycles. The zero-order chi connectivity index (χ0) is 21.4. The quantitative estimate of drug-likeness (QED) is 0.502. The first-order chi connectivity index (χ1) is 14.3. The predicted molar refractivity (Wildman–Crippen MR) is 128 cm³/mol. The number of hydrogen-bond donors (Lipinski definition) is 0. The van der Waals surface area contributed by atoms with Crippen LogP contribution in [0, 0.1) is 0 Å². The maximum absolute atomic E-state index is 5.19. The fourth-order valence-electron chi connectivity index (χ4n) is 5.19. The van der Waals surface area contributed by atoms with Crippen LogP contribution in [0.3, 0.4) is 0 Å². The molecule has 0 bridgehead atoms. The molecule has 3 nitrogen and oxygen atoms in total. The highest BCUT2D eigenvalue weighted by atomic mass is 32.1. The molecule has 1 aliphatic carbocycles. The van der Waals surface area contributed by atoms with Crippen molar-refractivity contribution < 1.29 is 4.74 Å². The van der Waals surface area contributed by atoms with Gasteiger partial charge in [-0.1, -0.05) is 39.8 Å². The molecule has 0 saturated carbocycles. The van der Waals surface area contributed by atoms with Crippen molar-refractivity contribution >= 4 is 11.3 Å². The second kappa shape index (κ2) is 8.72. The summed E-state index contributed by atoms with van der Waals surface area (Å²) in [5, 5.41) is 3.61. The molecular formula is C26H38N2OS. The van der Waals surface area contributed by atoms with Gasteiger partial charge in [-0.2, -0.15) is 0 Å². The van der Waals surface area contributed by atoms with Gasteiger partial charge in [0, 0.05) is 37.1 Å². The van der Waals surface area contributed by atoms with E-state index in [2.05, 4.69) is 56.2 Å². The average Bonchev–Trinajstić information content (AvgIpc) is 3.22. The Morgan fingerprint density at radius 2 is 1.77 bits per heavy atom. The van der Waals surface area contributed by atoms with Crippen molar-refractivity contribution in [1.82, 2.24) is 9.88 Å².